The van der Waals surface area contributed by atoms with Gasteiger partial charge in [0.1, 0.15) is 6.04 Å². The van der Waals surface area contributed by atoms with E-state index in [0.29, 0.717) is 37.4 Å². The zero-order valence-corrected chi connectivity index (χ0v) is 27.0. The molecule has 10 nitrogen and oxygen atoms in total. The van der Waals surface area contributed by atoms with Crippen LogP contribution in [0.5, 0.6) is 0 Å². The van der Waals surface area contributed by atoms with Gasteiger partial charge >= 0.3 is 0 Å². The lowest BCUT2D eigenvalue weighted by atomic mass is 9.85. The third-order valence-corrected chi connectivity index (χ3v) is 10.8. The summed E-state index contributed by atoms with van der Waals surface area (Å²) in [4.78, 5) is 30.4. The number of aryl methyl sites for hydroxylation is 3. The summed E-state index contributed by atoms with van der Waals surface area (Å²) in [5, 5.41) is 9.97. The molecule has 0 radical (unpaired) electrons. The van der Waals surface area contributed by atoms with E-state index in [1.165, 1.54) is 9.87 Å². The normalized spacial score (nSPS) is 18.5. The molecule has 46 heavy (non-hydrogen) atoms. The van der Waals surface area contributed by atoms with Gasteiger partial charge in [-0.05, 0) is 86.4 Å². The van der Waals surface area contributed by atoms with Crippen molar-refractivity contribution >= 4 is 21.8 Å². The molecule has 0 bridgehead atoms. The number of carbonyl (C=O) groups is 2. The van der Waals surface area contributed by atoms with Gasteiger partial charge in [0, 0.05) is 25.1 Å². The maximum Gasteiger partial charge on any atom is 0.258 e. The van der Waals surface area contributed by atoms with Crippen molar-refractivity contribution < 1.29 is 22.5 Å². The molecular formula is C35H39N5O5S. The summed E-state index contributed by atoms with van der Waals surface area (Å²) in [5.74, 6) is 0.734. The van der Waals surface area contributed by atoms with Crippen LogP contribution in [0, 0.1) is 13.8 Å². The number of sulfonamides is 1. The first-order chi connectivity index (χ1) is 22.2. The van der Waals surface area contributed by atoms with Crippen LogP contribution in [0.4, 0.5) is 0 Å². The molecule has 2 amide bonds. The van der Waals surface area contributed by atoms with Gasteiger partial charge in [-0.1, -0.05) is 65.7 Å². The predicted octanol–water partition coefficient (Wildman–Crippen LogP) is 5.26. The molecule has 2 N–H and O–H groups in total. The van der Waals surface area contributed by atoms with Crippen LogP contribution in [0.25, 0.3) is 22.6 Å². The van der Waals surface area contributed by atoms with E-state index in [9.17, 15) is 18.0 Å². The number of hydrogen-bond donors (Lipinski definition) is 2. The summed E-state index contributed by atoms with van der Waals surface area (Å²) in [6.07, 6.45) is 4.53. The molecule has 6 rings (SSSR count). The molecular weight excluding hydrogens is 602 g/mol. The topological polar surface area (TPSA) is 134 Å². The molecule has 2 atom stereocenters. The minimum absolute atomic E-state index is 0.0451. The van der Waals surface area contributed by atoms with Crippen LogP contribution < -0.4 is 10.6 Å². The maximum absolute atomic E-state index is 13.4. The SMILES string of the molecule is Cc1ccc(S(=O)(=O)N2CCNC(=O)C2CCCCC(=O)NC2CCCc3cc(-c4ccccc4-c4nc(C)no4)ccc32)cc1. The molecule has 1 saturated heterocycles. The summed E-state index contributed by atoms with van der Waals surface area (Å²) in [7, 11) is -3.82. The van der Waals surface area contributed by atoms with Gasteiger partial charge in [-0.25, -0.2) is 8.42 Å². The van der Waals surface area contributed by atoms with Crippen molar-refractivity contribution in [2.45, 2.75) is 75.8 Å². The molecule has 11 heteroatoms. The van der Waals surface area contributed by atoms with Crippen molar-refractivity contribution in [3.8, 4) is 22.6 Å². The number of nitrogens with zero attached hydrogens (tertiary/aromatic N) is 3. The van der Waals surface area contributed by atoms with Crippen LogP contribution in [-0.4, -0.2) is 53.8 Å². The molecule has 2 heterocycles. The molecule has 240 valence electrons. The number of aromatic nitrogens is 2. The molecule has 1 aliphatic carbocycles. The van der Waals surface area contributed by atoms with Gasteiger partial charge in [-0.3, -0.25) is 9.59 Å². The highest BCUT2D eigenvalue weighted by molar-refractivity contribution is 7.89. The Balaban J connectivity index is 1.06. The van der Waals surface area contributed by atoms with E-state index < -0.39 is 16.1 Å². The standard InChI is InChI=1S/C35H39N5O5S/c1-23-14-17-27(18-15-23)46(43,44)40-21-20-36-34(42)32(40)12-5-6-13-33(41)38-31-11-7-8-25-22-26(16-19-29(25)31)28-9-3-4-10-30(28)35-37-24(2)39-45-35/h3-4,9-10,14-19,22,31-32H,5-8,11-13,20-21H2,1-2H3,(H,36,42)(H,38,41). The Kier molecular flexibility index (Phi) is 9.32. The Hall–Kier alpha value is -4.35. The summed E-state index contributed by atoms with van der Waals surface area (Å²) < 4.78 is 33.5. The van der Waals surface area contributed by atoms with Crippen LogP contribution in [0.2, 0.25) is 0 Å². The summed E-state index contributed by atoms with van der Waals surface area (Å²) >= 11 is 0. The van der Waals surface area contributed by atoms with E-state index in [-0.39, 0.29) is 35.8 Å². The number of rotatable bonds is 10. The Bertz CT molecular complexity index is 1840. The predicted molar refractivity (Wildman–Crippen MR) is 174 cm³/mol. The lowest BCUT2D eigenvalue weighted by Crippen LogP contribution is -2.56. The van der Waals surface area contributed by atoms with E-state index in [1.54, 1.807) is 31.2 Å². The third-order valence-electron chi connectivity index (χ3n) is 8.83. The van der Waals surface area contributed by atoms with Gasteiger partial charge in [0.05, 0.1) is 10.9 Å². The molecule has 2 aliphatic rings. The van der Waals surface area contributed by atoms with Crippen LogP contribution in [0.15, 0.2) is 76.1 Å². The molecule has 1 aliphatic heterocycles. The van der Waals surface area contributed by atoms with Crippen LogP contribution in [0.1, 0.15) is 67.1 Å². The minimum atomic E-state index is -3.82. The Morgan fingerprint density at radius 2 is 1.83 bits per heavy atom. The molecule has 0 spiro atoms. The zero-order valence-electron chi connectivity index (χ0n) is 26.2. The molecule has 0 saturated carbocycles. The smallest absolute Gasteiger partial charge is 0.258 e. The van der Waals surface area contributed by atoms with E-state index in [4.69, 9.17) is 4.52 Å². The number of carbonyl (C=O) groups excluding carboxylic acids is 2. The maximum atomic E-state index is 13.4. The van der Waals surface area contributed by atoms with Gasteiger partial charge in [0.15, 0.2) is 5.82 Å². The van der Waals surface area contributed by atoms with Crippen molar-refractivity contribution in [2.24, 2.45) is 0 Å². The van der Waals surface area contributed by atoms with Gasteiger partial charge in [0.25, 0.3) is 5.89 Å². The second kappa shape index (κ2) is 13.6. The van der Waals surface area contributed by atoms with E-state index in [0.717, 1.165) is 47.1 Å². The minimum Gasteiger partial charge on any atom is -0.353 e. The second-order valence-corrected chi connectivity index (χ2v) is 14.0. The monoisotopic (exact) mass is 641 g/mol. The second-order valence-electron chi connectivity index (χ2n) is 12.1. The number of piperazine rings is 1. The first kappa shape index (κ1) is 31.6. The van der Waals surface area contributed by atoms with E-state index in [2.05, 4.69) is 39.0 Å². The Morgan fingerprint density at radius 1 is 1.04 bits per heavy atom. The largest absolute Gasteiger partial charge is 0.353 e. The Morgan fingerprint density at radius 3 is 2.59 bits per heavy atom. The molecule has 1 fully saturated rings. The number of fused-ring (bicyclic) bond motifs is 1. The molecule has 1 aromatic heterocycles. The number of unbranched alkanes of at least 4 members (excludes halogenated alkanes) is 1. The van der Waals surface area contributed by atoms with Crippen molar-refractivity contribution in [1.29, 1.82) is 0 Å². The quantitative estimate of drug-likeness (QED) is 0.226. The summed E-state index contributed by atoms with van der Waals surface area (Å²) in [6, 6.07) is 20.2. The van der Waals surface area contributed by atoms with Gasteiger partial charge in [-0.15, -0.1) is 0 Å². The fourth-order valence-corrected chi connectivity index (χ4v) is 8.07. The summed E-state index contributed by atoms with van der Waals surface area (Å²) in [6.45, 7) is 4.19. The first-order valence-electron chi connectivity index (χ1n) is 15.9. The third kappa shape index (κ3) is 6.75. The lowest BCUT2D eigenvalue weighted by Gasteiger charge is -2.34. The number of amides is 2. The van der Waals surface area contributed by atoms with Crippen LogP contribution in [0.3, 0.4) is 0 Å². The lowest BCUT2D eigenvalue weighted by molar-refractivity contribution is -0.127. The number of hydrogen-bond acceptors (Lipinski definition) is 7. The Labute approximate surface area is 269 Å². The highest BCUT2D eigenvalue weighted by Crippen LogP contribution is 2.36. The average Bonchev–Trinajstić information content (AvgIpc) is 3.49. The number of nitrogens with one attached hydrogen (secondary N) is 2. The van der Waals surface area contributed by atoms with Gasteiger partial charge in [-0.2, -0.15) is 9.29 Å². The van der Waals surface area contributed by atoms with Crippen molar-refractivity contribution in [1.82, 2.24) is 25.1 Å². The van der Waals surface area contributed by atoms with Gasteiger partial charge < -0.3 is 15.2 Å². The highest BCUT2D eigenvalue weighted by Gasteiger charge is 2.38. The van der Waals surface area contributed by atoms with E-state index in [1.807, 2.05) is 31.2 Å². The fraction of sp³-hybridized carbons (Fsp3) is 0.371. The van der Waals surface area contributed by atoms with Crippen molar-refractivity contribution in [3.63, 3.8) is 0 Å². The molecule has 4 aromatic rings. The molecule has 2 unspecified atom stereocenters. The van der Waals surface area contributed by atoms with Crippen LogP contribution >= 0.6 is 0 Å². The van der Waals surface area contributed by atoms with Crippen molar-refractivity contribution in [2.75, 3.05) is 13.1 Å². The average molecular weight is 642 g/mol. The number of benzene rings is 3. The van der Waals surface area contributed by atoms with Crippen LogP contribution in [-0.2, 0) is 26.0 Å². The fourth-order valence-electron chi connectivity index (χ4n) is 6.45. The highest BCUT2D eigenvalue weighted by atomic mass is 32.2. The summed E-state index contributed by atoms with van der Waals surface area (Å²) in [5.41, 5.74) is 6.25. The first-order valence-corrected chi connectivity index (χ1v) is 17.3. The zero-order chi connectivity index (χ0) is 32.3. The molecule has 3 aromatic carbocycles. The van der Waals surface area contributed by atoms with Crippen molar-refractivity contribution in [3.05, 3.63) is 89.2 Å². The van der Waals surface area contributed by atoms with Gasteiger partial charge in [0.2, 0.25) is 21.8 Å². The van der Waals surface area contributed by atoms with E-state index >= 15 is 0 Å².